The van der Waals surface area contributed by atoms with Crippen LogP contribution in [0.2, 0.25) is 0 Å². The molecule has 0 aromatic carbocycles. The van der Waals surface area contributed by atoms with Crippen molar-refractivity contribution in [1.29, 1.82) is 0 Å². The molecule has 1 amide bonds. The van der Waals surface area contributed by atoms with E-state index in [0.29, 0.717) is 19.6 Å². The molecule has 0 spiro atoms. The van der Waals surface area contributed by atoms with Gasteiger partial charge < -0.3 is 15.4 Å². The molecule has 0 saturated carbocycles. The lowest BCUT2D eigenvalue weighted by molar-refractivity contribution is -0.124. The van der Waals surface area contributed by atoms with Gasteiger partial charge in [0.1, 0.15) is 0 Å². The van der Waals surface area contributed by atoms with Gasteiger partial charge in [-0.25, -0.2) is 4.98 Å². The van der Waals surface area contributed by atoms with E-state index in [2.05, 4.69) is 22.5 Å². The third-order valence-corrected chi connectivity index (χ3v) is 4.28. The Hall–Kier alpha value is -0.980. The van der Waals surface area contributed by atoms with E-state index in [1.165, 1.54) is 4.88 Å². The van der Waals surface area contributed by atoms with E-state index in [0.717, 1.165) is 30.2 Å². The van der Waals surface area contributed by atoms with Crippen LogP contribution in [0.4, 0.5) is 0 Å². The Balaban J connectivity index is 1.66. The van der Waals surface area contributed by atoms with Gasteiger partial charge in [0.05, 0.1) is 29.8 Å². The first-order chi connectivity index (χ1) is 9.15. The highest BCUT2D eigenvalue weighted by Gasteiger charge is 2.16. The number of hydrogen-bond donors (Lipinski definition) is 2. The molecule has 1 saturated heterocycles. The third-order valence-electron chi connectivity index (χ3n) is 3.15. The highest BCUT2D eigenvalue weighted by molar-refractivity contribution is 7.11. The molecule has 0 unspecified atom stereocenters. The number of nitrogens with zero attached hydrogens (tertiary/aromatic N) is 1. The lowest BCUT2D eigenvalue weighted by Gasteiger charge is -2.22. The fourth-order valence-electron chi connectivity index (χ4n) is 1.98. The summed E-state index contributed by atoms with van der Waals surface area (Å²) in [7, 11) is 0. The highest BCUT2D eigenvalue weighted by atomic mass is 32.1. The van der Waals surface area contributed by atoms with Crippen molar-refractivity contribution < 1.29 is 9.53 Å². The largest absolute Gasteiger partial charge is 0.375 e. The van der Waals surface area contributed by atoms with Gasteiger partial charge in [-0.15, -0.1) is 11.3 Å². The molecule has 1 aliphatic rings. The van der Waals surface area contributed by atoms with Crippen LogP contribution in [0.3, 0.4) is 0 Å². The predicted octanol–water partition coefficient (Wildman–Crippen LogP) is 0.797. The summed E-state index contributed by atoms with van der Waals surface area (Å²) in [5, 5.41) is 7.23. The van der Waals surface area contributed by atoms with Crippen LogP contribution >= 0.6 is 11.3 Å². The minimum absolute atomic E-state index is 0.0121. The van der Waals surface area contributed by atoms with Crippen LogP contribution < -0.4 is 10.6 Å². The van der Waals surface area contributed by atoms with E-state index in [1.54, 1.807) is 11.3 Å². The molecule has 2 heterocycles. The third kappa shape index (κ3) is 4.56. The summed E-state index contributed by atoms with van der Waals surface area (Å²) in [6.07, 6.45) is 1.25. The standard InChI is InChI=1S/C13H21N3O2S/c1-9-10(2)19-13(16-9)3-4-15-12(17)7-11-8-14-5-6-18-11/h11,14H,3-8H2,1-2H3,(H,15,17)/t11-/m1/s1. The Morgan fingerprint density at radius 2 is 2.42 bits per heavy atom. The molecule has 1 fully saturated rings. The van der Waals surface area contributed by atoms with Crippen molar-refractivity contribution in [1.82, 2.24) is 15.6 Å². The molecule has 19 heavy (non-hydrogen) atoms. The van der Waals surface area contributed by atoms with Crippen LogP contribution in [-0.4, -0.2) is 43.2 Å². The summed E-state index contributed by atoms with van der Waals surface area (Å²) in [6, 6.07) is 0. The number of aromatic nitrogens is 1. The Kier molecular flexibility index (Phi) is 5.30. The molecule has 0 radical (unpaired) electrons. The zero-order valence-electron chi connectivity index (χ0n) is 11.5. The molecule has 1 aliphatic heterocycles. The molecule has 2 rings (SSSR count). The van der Waals surface area contributed by atoms with Gasteiger partial charge in [-0.3, -0.25) is 4.79 Å². The first-order valence-corrected chi connectivity index (χ1v) is 7.48. The predicted molar refractivity (Wildman–Crippen MR) is 75.5 cm³/mol. The van der Waals surface area contributed by atoms with Crippen molar-refractivity contribution in [2.45, 2.75) is 32.8 Å². The van der Waals surface area contributed by atoms with Gasteiger partial charge in [-0.2, -0.15) is 0 Å². The molecule has 1 aromatic rings. The number of nitrogens with one attached hydrogen (secondary N) is 2. The lowest BCUT2D eigenvalue weighted by Crippen LogP contribution is -2.41. The van der Waals surface area contributed by atoms with Crippen LogP contribution in [0.15, 0.2) is 0 Å². The number of rotatable bonds is 5. The van der Waals surface area contributed by atoms with Gasteiger partial charge in [0.2, 0.25) is 5.91 Å². The van der Waals surface area contributed by atoms with Crippen molar-refractivity contribution in [3.8, 4) is 0 Å². The number of carbonyl (C=O) groups is 1. The number of hydrogen-bond acceptors (Lipinski definition) is 5. The molecule has 1 atom stereocenters. The van der Waals surface area contributed by atoms with Crippen LogP contribution in [0, 0.1) is 13.8 Å². The summed E-state index contributed by atoms with van der Waals surface area (Å²) >= 11 is 1.70. The van der Waals surface area contributed by atoms with Crippen molar-refractivity contribution in [2.75, 3.05) is 26.2 Å². The molecule has 0 aliphatic carbocycles. The van der Waals surface area contributed by atoms with Crippen LogP contribution in [0.25, 0.3) is 0 Å². The van der Waals surface area contributed by atoms with Crippen molar-refractivity contribution in [3.63, 3.8) is 0 Å². The summed E-state index contributed by atoms with van der Waals surface area (Å²) < 4.78 is 5.50. The normalized spacial score (nSPS) is 19.4. The van der Waals surface area contributed by atoms with Gasteiger partial charge in [-0.1, -0.05) is 0 Å². The SMILES string of the molecule is Cc1nc(CCNC(=O)C[C@@H]2CNCCO2)sc1C. The monoisotopic (exact) mass is 283 g/mol. The Morgan fingerprint density at radius 1 is 1.58 bits per heavy atom. The fraction of sp³-hybridized carbons (Fsp3) is 0.692. The number of thiazole rings is 1. The zero-order valence-corrected chi connectivity index (χ0v) is 12.3. The maximum atomic E-state index is 11.7. The average molecular weight is 283 g/mol. The lowest BCUT2D eigenvalue weighted by atomic mass is 10.2. The Bertz CT molecular complexity index is 408. The number of carbonyl (C=O) groups excluding carboxylic acids is 1. The Morgan fingerprint density at radius 3 is 3.05 bits per heavy atom. The number of amides is 1. The second-order valence-electron chi connectivity index (χ2n) is 4.75. The first kappa shape index (κ1) is 14.4. The summed E-state index contributed by atoms with van der Waals surface area (Å²) in [6.45, 7) is 7.06. The molecule has 6 heteroatoms. The zero-order chi connectivity index (χ0) is 13.7. The van der Waals surface area contributed by atoms with E-state index in [4.69, 9.17) is 4.74 Å². The van der Waals surface area contributed by atoms with Crippen LogP contribution in [0.1, 0.15) is 22.0 Å². The molecular weight excluding hydrogens is 262 g/mol. The Labute approximate surface area is 117 Å². The minimum Gasteiger partial charge on any atom is -0.375 e. The van der Waals surface area contributed by atoms with Gasteiger partial charge in [0.15, 0.2) is 0 Å². The van der Waals surface area contributed by atoms with E-state index in [9.17, 15) is 4.79 Å². The quantitative estimate of drug-likeness (QED) is 0.839. The molecule has 5 nitrogen and oxygen atoms in total. The molecule has 2 N–H and O–H groups in total. The van der Waals surface area contributed by atoms with Crippen LogP contribution in [-0.2, 0) is 16.0 Å². The summed E-state index contributed by atoms with van der Waals surface area (Å²) in [5.74, 6) is 0.0544. The van der Waals surface area contributed by atoms with Gasteiger partial charge in [-0.05, 0) is 13.8 Å². The molecular formula is C13H21N3O2S. The maximum absolute atomic E-state index is 11.7. The topological polar surface area (TPSA) is 63.2 Å². The van der Waals surface area contributed by atoms with E-state index >= 15 is 0 Å². The van der Waals surface area contributed by atoms with E-state index < -0.39 is 0 Å². The average Bonchev–Trinajstić information content (AvgIpc) is 2.70. The van der Waals surface area contributed by atoms with E-state index in [-0.39, 0.29) is 12.0 Å². The molecule has 106 valence electrons. The van der Waals surface area contributed by atoms with E-state index in [1.807, 2.05) is 6.92 Å². The number of ether oxygens (including phenoxy) is 1. The molecule has 1 aromatic heterocycles. The second-order valence-corrected chi connectivity index (χ2v) is 6.04. The van der Waals surface area contributed by atoms with Crippen molar-refractivity contribution >= 4 is 17.2 Å². The van der Waals surface area contributed by atoms with Gasteiger partial charge in [0.25, 0.3) is 0 Å². The van der Waals surface area contributed by atoms with Crippen LogP contribution in [0.5, 0.6) is 0 Å². The summed E-state index contributed by atoms with van der Waals surface area (Å²) in [5.41, 5.74) is 1.09. The van der Waals surface area contributed by atoms with Gasteiger partial charge >= 0.3 is 0 Å². The van der Waals surface area contributed by atoms with Crippen molar-refractivity contribution in [2.24, 2.45) is 0 Å². The highest BCUT2D eigenvalue weighted by Crippen LogP contribution is 2.16. The smallest absolute Gasteiger partial charge is 0.222 e. The maximum Gasteiger partial charge on any atom is 0.222 e. The first-order valence-electron chi connectivity index (χ1n) is 6.67. The number of aryl methyl sites for hydroxylation is 2. The number of morpholine rings is 1. The van der Waals surface area contributed by atoms with Gasteiger partial charge in [0, 0.05) is 30.9 Å². The summed E-state index contributed by atoms with van der Waals surface area (Å²) in [4.78, 5) is 17.4. The molecule has 0 bridgehead atoms. The fourth-order valence-corrected chi connectivity index (χ4v) is 2.92. The minimum atomic E-state index is 0.0121. The van der Waals surface area contributed by atoms with Crippen molar-refractivity contribution in [3.05, 3.63) is 15.6 Å². The second kappa shape index (κ2) is 6.98.